The van der Waals surface area contributed by atoms with Crippen molar-refractivity contribution < 1.29 is 4.74 Å². The molecule has 0 spiro atoms. The van der Waals surface area contributed by atoms with Crippen molar-refractivity contribution in [1.82, 2.24) is 4.98 Å². The summed E-state index contributed by atoms with van der Waals surface area (Å²) in [6.07, 6.45) is 2.91. The van der Waals surface area contributed by atoms with Gasteiger partial charge in [-0.05, 0) is 18.4 Å². The fourth-order valence-electron chi connectivity index (χ4n) is 1.48. The second-order valence-electron chi connectivity index (χ2n) is 4.75. The van der Waals surface area contributed by atoms with Crippen LogP contribution in [0.15, 0.2) is 18.3 Å². The van der Waals surface area contributed by atoms with Gasteiger partial charge < -0.3 is 15.4 Å². The number of anilines is 2. The van der Waals surface area contributed by atoms with Gasteiger partial charge >= 0.3 is 0 Å². The van der Waals surface area contributed by atoms with E-state index in [1.165, 1.54) is 0 Å². The van der Waals surface area contributed by atoms with Crippen molar-refractivity contribution in [3.8, 4) is 0 Å². The highest BCUT2D eigenvalue weighted by Crippen LogP contribution is 2.11. The third-order valence-electron chi connectivity index (χ3n) is 2.34. The van der Waals surface area contributed by atoms with E-state index in [9.17, 15) is 0 Å². The van der Waals surface area contributed by atoms with Crippen molar-refractivity contribution in [2.24, 2.45) is 5.92 Å². The molecular formula is C14H25N3O. The van der Waals surface area contributed by atoms with Crippen LogP contribution in [-0.2, 0) is 4.74 Å². The van der Waals surface area contributed by atoms with Gasteiger partial charge in [-0.2, -0.15) is 0 Å². The van der Waals surface area contributed by atoms with Crippen molar-refractivity contribution in [1.29, 1.82) is 0 Å². The Labute approximate surface area is 110 Å². The summed E-state index contributed by atoms with van der Waals surface area (Å²) in [4.78, 5) is 4.26. The van der Waals surface area contributed by atoms with Crippen molar-refractivity contribution in [2.45, 2.75) is 27.2 Å². The molecule has 0 bridgehead atoms. The molecule has 0 amide bonds. The molecule has 0 saturated carbocycles. The molecule has 1 heterocycles. The number of ether oxygens (including phenoxy) is 1. The maximum absolute atomic E-state index is 5.52. The number of hydrogen-bond donors (Lipinski definition) is 2. The zero-order chi connectivity index (χ0) is 13.2. The summed E-state index contributed by atoms with van der Waals surface area (Å²) in [5.41, 5.74) is 1.08. The topological polar surface area (TPSA) is 46.2 Å². The van der Waals surface area contributed by atoms with E-state index in [0.29, 0.717) is 5.92 Å². The van der Waals surface area contributed by atoms with Crippen LogP contribution in [0.2, 0.25) is 0 Å². The van der Waals surface area contributed by atoms with Crippen molar-refractivity contribution >= 4 is 11.5 Å². The van der Waals surface area contributed by atoms with Crippen LogP contribution in [0.3, 0.4) is 0 Å². The van der Waals surface area contributed by atoms with Crippen LogP contribution in [0.1, 0.15) is 27.2 Å². The standard InChI is InChI=1S/C14H25N3O/c1-4-6-16-14-10-13(5-7-17-14)15-8-9-18-11-12(2)3/h5,7,10,12H,4,6,8-9,11H2,1-3H3,(H2,15,16,17). The molecule has 1 aromatic rings. The Morgan fingerprint density at radius 1 is 1.28 bits per heavy atom. The Morgan fingerprint density at radius 3 is 2.83 bits per heavy atom. The summed E-state index contributed by atoms with van der Waals surface area (Å²) in [7, 11) is 0. The van der Waals surface area contributed by atoms with Crippen molar-refractivity contribution in [2.75, 3.05) is 36.9 Å². The van der Waals surface area contributed by atoms with E-state index in [1.807, 2.05) is 18.3 Å². The van der Waals surface area contributed by atoms with Gasteiger partial charge in [0.05, 0.1) is 6.61 Å². The lowest BCUT2D eigenvalue weighted by Crippen LogP contribution is -2.12. The maximum Gasteiger partial charge on any atom is 0.127 e. The summed E-state index contributed by atoms with van der Waals surface area (Å²) >= 11 is 0. The molecule has 0 atom stereocenters. The van der Waals surface area contributed by atoms with Crippen LogP contribution in [0.4, 0.5) is 11.5 Å². The summed E-state index contributed by atoms with van der Waals surface area (Å²) < 4.78 is 5.52. The minimum absolute atomic E-state index is 0.593. The summed E-state index contributed by atoms with van der Waals surface area (Å²) in [6.45, 7) is 9.78. The van der Waals surface area contributed by atoms with E-state index in [0.717, 1.165) is 44.2 Å². The first-order valence-electron chi connectivity index (χ1n) is 6.74. The fourth-order valence-corrected chi connectivity index (χ4v) is 1.48. The molecule has 0 fully saturated rings. The minimum Gasteiger partial charge on any atom is -0.383 e. The summed E-state index contributed by atoms with van der Waals surface area (Å²) in [5.74, 6) is 1.51. The monoisotopic (exact) mass is 251 g/mol. The molecule has 4 nitrogen and oxygen atoms in total. The number of hydrogen-bond acceptors (Lipinski definition) is 4. The quantitative estimate of drug-likeness (QED) is 0.662. The molecule has 0 aliphatic carbocycles. The number of pyridine rings is 1. The predicted molar refractivity (Wildman–Crippen MR) is 77.2 cm³/mol. The molecule has 0 saturated heterocycles. The van der Waals surface area contributed by atoms with E-state index < -0.39 is 0 Å². The predicted octanol–water partition coefficient (Wildman–Crippen LogP) is 2.99. The van der Waals surface area contributed by atoms with E-state index in [-0.39, 0.29) is 0 Å². The molecule has 102 valence electrons. The third kappa shape index (κ3) is 6.45. The second-order valence-corrected chi connectivity index (χ2v) is 4.75. The number of aromatic nitrogens is 1. The molecule has 0 aliphatic rings. The van der Waals surface area contributed by atoms with Gasteiger partial charge in [0.2, 0.25) is 0 Å². The van der Waals surface area contributed by atoms with Gasteiger partial charge in [-0.15, -0.1) is 0 Å². The first-order chi connectivity index (χ1) is 8.72. The van der Waals surface area contributed by atoms with Gasteiger partial charge in [0.1, 0.15) is 5.82 Å². The molecular weight excluding hydrogens is 226 g/mol. The first-order valence-corrected chi connectivity index (χ1v) is 6.74. The van der Waals surface area contributed by atoms with E-state index in [4.69, 9.17) is 4.74 Å². The molecule has 1 aromatic heterocycles. The fraction of sp³-hybridized carbons (Fsp3) is 0.643. The highest BCUT2D eigenvalue weighted by molar-refractivity contribution is 5.51. The van der Waals surface area contributed by atoms with Crippen LogP contribution in [0.5, 0.6) is 0 Å². The van der Waals surface area contributed by atoms with E-state index in [1.54, 1.807) is 0 Å². The highest BCUT2D eigenvalue weighted by Gasteiger charge is 1.97. The van der Waals surface area contributed by atoms with Crippen molar-refractivity contribution in [3.63, 3.8) is 0 Å². The lowest BCUT2D eigenvalue weighted by atomic mass is 10.2. The van der Waals surface area contributed by atoms with E-state index >= 15 is 0 Å². The number of nitrogens with zero attached hydrogens (tertiary/aromatic N) is 1. The van der Waals surface area contributed by atoms with Crippen molar-refractivity contribution in [3.05, 3.63) is 18.3 Å². The molecule has 1 rings (SSSR count). The molecule has 0 aromatic carbocycles. The Morgan fingerprint density at radius 2 is 2.11 bits per heavy atom. The van der Waals surface area contributed by atoms with Gasteiger partial charge in [0, 0.05) is 37.6 Å². The lowest BCUT2D eigenvalue weighted by Gasteiger charge is -2.10. The van der Waals surface area contributed by atoms with Crippen LogP contribution in [0, 0.1) is 5.92 Å². The van der Waals surface area contributed by atoms with Gasteiger partial charge in [-0.3, -0.25) is 0 Å². The van der Waals surface area contributed by atoms with Gasteiger partial charge in [0.15, 0.2) is 0 Å². The smallest absolute Gasteiger partial charge is 0.127 e. The first kappa shape index (κ1) is 14.8. The molecule has 0 aliphatic heterocycles. The SMILES string of the molecule is CCCNc1cc(NCCOCC(C)C)ccn1. The van der Waals surface area contributed by atoms with Crippen LogP contribution in [-0.4, -0.2) is 31.3 Å². The molecule has 18 heavy (non-hydrogen) atoms. The lowest BCUT2D eigenvalue weighted by molar-refractivity contribution is 0.118. The highest BCUT2D eigenvalue weighted by atomic mass is 16.5. The zero-order valence-electron chi connectivity index (χ0n) is 11.7. The largest absolute Gasteiger partial charge is 0.383 e. The van der Waals surface area contributed by atoms with Crippen LogP contribution in [0.25, 0.3) is 0 Å². The van der Waals surface area contributed by atoms with E-state index in [2.05, 4.69) is 36.4 Å². The Bertz CT molecular complexity index is 329. The normalized spacial score (nSPS) is 10.7. The zero-order valence-corrected chi connectivity index (χ0v) is 11.7. The average Bonchev–Trinajstić information content (AvgIpc) is 2.36. The van der Waals surface area contributed by atoms with Gasteiger partial charge in [-0.1, -0.05) is 20.8 Å². The second kappa shape index (κ2) is 8.75. The third-order valence-corrected chi connectivity index (χ3v) is 2.34. The Hall–Kier alpha value is -1.29. The molecule has 4 heteroatoms. The van der Waals surface area contributed by atoms with Gasteiger partial charge in [0.25, 0.3) is 0 Å². The average molecular weight is 251 g/mol. The van der Waals surface area contributed by atoms with Gasteiger partial charge in [-0.25, -0.2) is 4.98 Å². The Balaban J connectivity index is 2.24. The van der Waals surface area contributed by atoms with Crippen LogP contribution >= 0.6 is 0 Å². The summed E-state index contributed by atoms with van der Waals surface area (Å²) in [5, 5.41) is 6.60. The minimum atomic E-state index is 0.593. The Kier molecular flexibility index (Phi) is 7.18. The maximum atomic E-state index is 5.52. The summed E-state index contributed by atoms with van der Waals surface area (Å²) in [6, 6.07) is 4.00. The van der Waals surface area contributed by atoms with Crippen LogP contribution < -0.4 is 10.6 Å². The molecule has 0 unspecified atom stereocenters. The molecule has 2 N–H and O–H groups in total. The number of rotatable bonds is 9. The molecule has 0 radical (unpaired) electrons. The number of nitrogens with one attached hydrogen (secondary N) is 2.